The van der Waals surface area contributed by atoms with E-state index in [0.717, 1.165) is 19.3 Å². The van der Waals surface area contributed by atoms with Gasteiger partial charge in [0, 0.05) is 31.1 Å². The van der Waals surface area contributed by atoms with Crippen LogP contribution in [0.3, 0.4) is 0 Å². The number of sulfonamides is 1. The first-order chi connectivity index (χ1) is 9.70. The number of hydrogen-bond donors (Lipinski definition) is 2. The molecular formula is C14H29N3O3S. The van der Waals surface area contributed by atoms with E-state index in [4.69, 9.17) is 5.73 Å². The molecule has 1 aliphatic rings. The Hall–Kier alpha value is -0.660. The van der Waals surface area contributed by atoms with Crippen molar-refractivity contribution in [1.29, 1.82) is 0 Å². The molecule has 1 fully saturated rings. The maximum Gasteiger partial charge on any atom is 0.223 e. The summed E-state index contributed by atoms with van der Waals surface area (Å²) in [6.45, 7) is 4.88. The van der Waals surface area contributed by atoms with Crippen molar-refractivity contribution in [2.45, 2.75) is 58.0 Å². The van der Waals surface area contributed by atoms with Gasteiger partial charge in [-0.05, 0) is 32.6 Å². The number of carbonyl (C=O) groups is 1. The third-order valence-corrected chi connectivity index (χ3v) is 5.32. The fraction of sp³-hybridized carbons (Fsp3) is 0.929. The molecule has 3 N–H and O–H groups in total. The number of carbonyl (C=O) groups excluding carboxylic acids is 1. The highest BCUT2D eigenvalue weighted by Gasteiger charge is 2.26. The van der Waals surface area contributed by atoms with Gasteiger partial charge in [-0.2, -0.15) is 0 Å². The van der Waals surface area contributed by atoms with E-state index in [9.17, 15) is 13.2 Å². The van der Waals surface area contributed by atoms with Crippen molar-refractivity contribution in [3.8, 4) is 0 Å². The SMILES string of the molecule is CC(N)CCCC(C)C(=O)NC1CCN(S(C)(=O)=O)CC1. The predicted molar refractivity (Wildman–Crippen MR) is 84.2 cm³/mol. The third-order valence-electron chi connectivity index (χ3n) is 4.01. The minimum Gasteiger partial charge on any atom is -0.353 e. The highest BCUT2D eigenvalue weighted by molar-refractivity contribution is 7.88. The van der Waals surface area contributed by atoms with E-state index in [1.54, 1.807) is 0 Å². The lowest BCUT2D eigenvalue weighted by atomic mass is 10.00. The van der Waals surface area contributed by atoms with Gasteiger partial charge in [0.1, 0.15) is 0 Å². The number of nitrogens with two attached hydrogens (primary N) is 1. The molecule has 6 nitrogen and oxygen atoms in total. The maximum atomic E-state index is 12.1. The summed E-state index contributed by atoms with van der Waals surface area (Å²) < 4.78 is 24.3. The summed E-state index contributed by atoms with van der Waals surface area (Å²) in [6, 6.07) is 0.270. The van der Waals surface area contributed by atoms with Crippen LogP contribution in [0.1, 0.15) is 46.0 Å². The zero-order chi connectivity index (χ0) is 16.0. The molecule has 0 saturated carbocycles. The van der Waals surface area contributed by atoms with Gasteiger partial charge in [0.2, 0.25) is 15.9 Å². The Kier molecular flexibility index (Phi) is 7.09. The summed E-state index contributed by atoms with van der Waals surface area (Å²) in [5.41, 5.74) is 5.70. The molecule has 0 spiro atoms. The van der Waals surface area contributed by atoms with Gasteiger partial charge in [0.05, 0.1) is 6.26 Å². The first-order valence-electron chi connectivity index (χ1n) is 7.71. The molecule has 2 unspecified atom stereocenters. The van der Waals surface area contributed by atoms with Gasteiger partial charge in [0.15, 0.2) is 0 Å². The van der Waals surface area contributed by atoms with Gasteiger partial charge < -0.3 is 11.1 Å². The fourth-order valence-electron chi connectivity index (χ4n) is 2.55. The van der Waals surface area contributed by atoms with E-state index in [1.807, 2.05) is 13.8 Å². The van der Waals surface area contributed by atoms with E-state index in [1.165, 1.54) is 10.6 Å². The lowest BCUT2D eigenvalue weighted by Gasteiger charge is -2.31. The van der Waals surface area contributed by atoms with Crippen LogP contribution in [-0.4, -0.2) is 50.1 Å². The Morgan fingerprint density at radius 2 is 1.86 bits per heavy atom. The molecule has 0 aromatic heterocycles. The van der Waals surface area contributed by atoms with Crippen LogP contribution in [0.2, 0.25) is 0 Å². The molecule has 0 radical (unpaired) electrons. The molecule has 0 aromatic rings. The van der Waals surface area contributed by atoms with Gasteiger partial charge in [-0.1, -0.05) is 13.3 Å². The highest BCUT2D eigenvalue weighted by Crippen LogP contribution is 2.15. The molecular weight excluding hydrogens is 290 g/mol. The van der Waals surface area contributed by atoms with Crippen LogP contribution < -0.4 is 11.1 Å². The van der Waals surface area contributed by atoms with Crippen molar-refractivity contribution < 1.29 is 13.2 Å². The lowest BCUT2D eigenvalue weighted by molar-refractivity contribution is -0.125. The maximum absolute atomic E-state index is 12.1. The third kappa shape index (κ3) is 6.76. The standard InChI is InChI=1S/C14H29N3O3S/c1-11(5-4-6-12(2)15)14(18)16-13-7-9-17(10-8-13)21(3,19)20/h11-13H,4-10,15H2,1-3H3,(H,16,18). The van der Waals surface area contributed by atoms with Crippen molar-refractivity contribution in [3.63, 3.8) is 0 Å². The minimum absolute atomic E-state index is 0.0170. The smallest absolute Gasteiger partial charge is 0.223 e. The Morgan fingerprint density at radius 3 is 2.33 bits per heavy atom. The molecule has 21 heavy (non-hydrogen) atoms. The molecule has 1 aliphatic heterocycles. The largest absolute Gasteiger partial charge is 0.353 e. The summed E-state index contributed by atoms with van der Waals surface area (Å²) in [5, 5.41) is 3.04. The molecule has 0 aromatic carbocycles. The van der Waals surface area contributed by atoms with Crippen LogP contribution in [-0.2, 0) is 14.8 Å². The van der Waals surface area contributed by atoms with E-state index in [-0.39, 0.29) is 23.9 Å². The molecule has 7 heteroatoms. The molecule has 0 bridgehead atoms. The monoisotopic (exact) mass is 319 g/mol. The fourth-order valence-corrected chi connectivity index (χ4v) is 3.43. The van der Waals surface area contributed by atoms with Gasteiger partial charge in [0.25, 0.3) is 0 Å². The topological polar surface area (TPSA) is 92.5 Å². The number of piperidine rings is 1. The zero-order valence-electron chi connectivity index (χ0n) is 13.3. The summed E-state index contributed by atoms with van der Waals surface area (Å²) in [7, 11) is -3.11. The van der Waals surface area contributed by atoms with Crippen LogP contribution in [0.15, 0.2) is 0 Å². The second-order valence-corrected chi connectivity index (χ2v) is 8.24. The Morgan fingerprint density at radius 1 is 1.29 bits per heavy atom. The lowest BCUT2D eigenvalue weighted by Crippen LogP contribution is -2.47. The normalized spacial score (nSPS) is 21.0. The van der Waals surface area contributed by atoms with E-state index in [0.29, 0.717) is 25.9 Å². The first-order valence-corrected chi connectivity index (χ1v) is 9.56. The van der Waals surface area contributed by atoms with Crippen molar-refractivity contribution in [2.75, 3.05) is 19.3 Å². The van der Waals surface area contributed by atoms with Crippen LogP contribution >= 0.6 is 0 Å². The molecule has 124 valence electrons. The average molecular weight is 319 g/mol. The Labute approximate surface area is 128 Å². The molecule has 1 heterocycles. The molecule has 2 atom stereocenters. The van der Waals surface area contributed by atoms with Gasteiger partial charge in [-0.15, -0.1) is 0 Å². The second kappa shape index (κ2) is 8.10. The molecule has 1 amide bonds. The Balaban J connectivity index is 2.30. The van der Waals surface area contributed by atoms with Crippen LogP contribution in [0.25, 0.3) is 0 Å². The summed E-state index contributed by atoms with van der Waals surface area (Å²) in [6.07, 6.45) is 5.34. The summed E-state index contributed by atoms with van der Waals surface area (Å²) in [5.74, 6) is 0.0502. The van der Waals surface area contributed by atoms with Crippen LogP contribution in [0.5, 0.6) is 0 Å². The molecule has 0 aliphatic carbocycles. The van der Waals surface area contributed by atoms with Crippen molar-refractivity contribution in [3.05, 3.63) is 0 Å². The average Bonchev–Trinajstić information content (AvgIpc) is 2.37. The zero-order valence-corrected chi connectivity index (χ0v) is 14.2. The number of amides is 1. The second-order valence-electron chi connectivity index (χ2n) is 6.25. The Bertz CT molecular complexity index is 429. The van der Waals surface area contributed by atoms with E-state index >= 15 is 0 Å². The first kappa shape index (κ1) is 18.4. The van der Waals surface area contributed by atoms with Gasteiger partial charge in [-0.25, -0.2) is 12.7 Å². The highest BCUT2D eigenvalue weighted by atomic mass is 32.2. The predicted octanol–water partition coefficient (Wildman–Crippen LogP) is 0.680. The molecule has 1 rings (SSSR count). The van der Waals surface area contributed by atoms with Crippen molar-refractivity contribution >= 4 is 15.9 Å². The minimum atomic E-state index is -3.11. The summed E-state index contributed by atoms with van der Waals surface area (Å²) in [4.78, 5) is 12.1. The van der Waals surface area contributed by atoms with Gasteiger partial charge in [-0.3, -0.25) is 4.79 Å². The van der Waals surface area contributed by atoms with Crippen LogP contribution in [0, 0.1) is 5.92 Å². The van der Waals surface area contributed by atoms with Gasteiger partial charge >= 0.3 is 0 Å². The molecule has 1 saturated heterocycles. The number of nitrogens with zero attached hydrogens (tertiary/aromatic N) is 1. The number of nitrogens with one attached hydrogen (secondary N) is 1. The number of rotatable bonds is 7. The summed E-state index contributed by atoms with van der Waals surface area (Å²) >= 11 is 0. The van der Waals surface area contributed by atoms with E-state index in [2.05, 4.69) is 5.32 Å². The quantitative estimate of drug-likeness (QED) is 0.722. The van der Waals surface area contributed by atoms with Crippen LogP contribution in [0.4, 0.5) is 0 Å². The van der Waals surface area contributed by atoms with E-state index < -0.39 is 10.0 Å². The van der Waals surface area contributed by atoms with Crippen molar-refractivity contribution in [2.24, 2.45) is 11.7 Å². The number of hydrogen-bond acceptors (Lipinski definition) is 4. The van der Waals surface area contributed by atoms with Crippen molar-refractivity contribution in [1.82, 2.24) is 9.62 Å².